The molecular formula is C31H31BrN2O3. The van der Waals surface area contributed by atoms with Gasteiger partial charge in [-0.15, -0.1) is 0 Å². The van der Waals surface area contributed by atoms with E-state index in [1.54, 1.807) is 6.21 Å². The number of ether oxygens (including phenoxy) is 2. The Morgan fingerprint density at radius 3 is 2.59 bits per heavy atom. The summed E-state index contributed by atoms with van der Waals surface area (Å²) < 4.78 is 12.8. The van der Waals surface area contributed by atoms with E-state index in [1.165, 1.54) is 5.56 Å². The highest BCUT2D eigenvalue weighted by molar-refractivity contribution is 9.10. The SMILES string of the molecule is CCCC(C)c1ccc(OCC(=O)N/N=C/c2c(OCc3cccc(Br)c3)ccc3ccccc23)cc1. The fraction of sp³-hybridized carbons (Fsp3) is 0.226. The van der Waals surface area contributed by atoms with Crippen molar-refractivity contribution in [3.8, 4) is 11.5 Å². The average molecular weight is 560 g/mol. The van der Waals surface area contributed by atoms with Crippen LogP contribution in [-0.2, 0) is 11.4 Å². The predicted molar refractivity (Wildman–Crippen MR) is 153 cm³/mol. The van der Waals surface area contributed by atoms with Gasteiger partial charge in [0.2, 0.25) is 0 Å². The number of hydrazone groups is 1. The van der Waals surface area contributed by atoms with Gasteiger partial charge in [0.1, 0.15) is 18.1 Å². The van der Waals surface area contributed by atoms with Crippen molar-refractivity contribution in [3.63, 3.8) is 0 Å². The summed E-state index contributed by atoms with van der Waals surface area (Å²) >= 11 is 3.50. The first-order valence-corrected chi connectivity index (χ1v) is 13.3. The number of carbonyl (C=O) groups is 1. The largest absolute Gasteiger partial charge is 0.488 e. The number of halogens is 1. The lowest BCUT2D eigenvalue weighted by molar-refractivity contribution is -0.123. The minimum Gasteiger partial charge on any atom is -0.488 e. The van der Waals surface area contributed by atoms with Crippen LogP contribution in [0.4, 0.5) is 0 Å². The molecule has 0 radical (unpaired) electrons. The number of rotatable bonds is 11. The number of hydrogen-bond donors (Lipinski definition) is 1. The molecular weight excluding hydrogens is 528 g/mol. The molecule has 0 heterocycles. The quantitative estimate of drug-likeness (QED) is 0.152. The third kappa shape index (κ3) is 7.43. The number of fused-ring (bicyclic) bond motifs is 1. The lowest BCUT2D eigenvalue weighted by Gasteiger charge is -2.12. The number of hydrogen-bond acceptors (Lipinski definition) is 4. The second kappa shape index (κ2) is 13.1. The molecule has 190 valence electrons. The van der Waals surface area contributed by atoms with Gasteiger partial charge in [-0.05, 0) is 64.6 Å². The van der Waals surface area contributed by atoms with Crippen LogP contribution in [0.3, 0.4) is 0 Å². The lowest BCUT2D eigenvalue weighted by atomic mass is 9.97. The van der Waals surface area contributed by atoms with Crippen molar-refractivity contribution >= 4 is 38.8 Å². The fourth-order valence-electron chi connectivity index (χ4n) is 4.16. The summed E-state index contributed by atoms with van der Waals surface area (Å²) in [6.07, 6.45) is 3.92. The van der Waals surface area contributed by atoms with Gasteiger partial charge in [0.25, 0.3) is 5.91 Å². The maximum atomic E-state index is 12.4. The third-order valence-corrected chi connectivity index (χ3v) is 6.63. The van der Waals surface area contributed by atoms with Crippen LogP contribution in [0.1, 0.15) is 49.3 Å². The third-order valence-electron chi connectivity index (χ3n) is 6.14. The van der Waals surface area contributed by atoms with E-state index >= 15 is 0 Å². The zero-order valence-electron chi connectivity index (χ0n) is 21.1. The number of amides is 1. The summed E-state index contributed by atoms with van der Waals surface area (Å²) in [6.45, 7) is 4.70. The molecule has 0 spiro atoms. The molecule has 0 aromatic heterocycles. The monoisotopic (exact) mass is 558 g/mol. The van der Waals surface area contributed by atoms with Gasteiger partial charge < -0.3 is 9.47 Å². The molecule has 5 nitrogen and oxygen atoms in total. The van der Waals surface area contributed by atoms with Crippen molar-refractivity contribution in [1.82, 2.24) is 5.43 Å². The van der Waals surface area contributed by atoms with Crippen LogP contribution in [0, 0.1) is 0 Å². The van der Waals surface area contributed by atoms with Crippen LogP contribution in [-0.4, -0.2) is 18.7 Å². The summed E-state index contributed by atoms with van der Waals surface area (Å²) in [5, 5.41) is 6.25. The summed E-state index contributed by atoms with van der Waals surface area (Å²) in [5.41, 5.74) is 5.68. The van der Waals surface area contributed by atoms with Gasteiger partial charge in [0.15, 0.2) is 6.61 Å². The van der Waals surface area contributed by atoms with Gasteiger partial charge in [-0.2, -0.15) is 5.10 Å². The van der Waals surface area contributed by atoms with Gasteiger partial charge in [-0.25, -0.2) is 5.43 Å². The van der Waals surface area contributed by atoms with E-state index < -0.39 is 0 Å². The van der Waals surface area contributed by atoms with Gasteiger partial charge in [0.05, 0.1) is 6.21 Å². The van der Waals surface area contributed by atoms with Crippen molar-refractivity contribution in [2.24, 2.45) is 5.10 Å². The standard InChI is InChI=1S/C31H31BrN2O3/c1-3-7-22(2)24-12-15-27(16-13-24)36-21-31(35)34-33-19-29-28-11-5-4-9-25(28)14-17-30(29)37-20-23-8-6-10-26(32)18-23/h4-6,8-19,22H,3,7,20-21H2,1-2H3,(H,34,35)/b33-19+. The molecule has 0 saturated heterocycles. The number of nitrogens with zero attached hydrogens (tertiary/aromatic N) is 1. The summed E-state index contributed by atoms with van der Waals surface area (Å²) in [4.78, 5) is 12.4. The fourth-order valence-corrected chi connectivity index (χ4v) is 4.61. The number of nitrogens with one attached hydrogen (secondary N) is 1. The van der Waals surface area contributed by atoms with Crippen molar-refractivity contribution in [2.75, 3.05) is 6.61 Å². The van der Waals surface area contributed by atoms with Crippen LogP contribution in [0.25, 0.3) is 10.8 Å². The van der Waals surface area contributed by atoms with E-state index in [0.717, 1.165) is 39.2 Å². The molecule has 0 aliphatic rings. The molecule has 0 aliphatic carbocycles. The molecule has 0 fully saturated rings. The summed E-state index contributed by atoms with van der Waals surface area (Å²) in [5.74, 6) is 1.51. The van der Waals surface area contributed by atoms with Crippen molar-refractivity contribution < 1.29 is 14.3 Å². The maximum Gasteiger partial charge on any atom is 0.277 e. The highest BCUT2D eigenvalue weighted by atomic mass is 79.9. The first-order chi connectivity index (χ1) is 18.0. The lowest BCUT2D eigenvalue weighted by Crippen LogP contribution is -2.24. The van der Waals surface area contributed by atoms with Crippen molar-refractivity contribution in [3.05, 3.63) is 106 Å². The Kier molecular flexibility index (Phi) is 9.33. The zero-order chi connectivity index (χ0) is 26.0. The molecule has 0 bridgehead atoms. The van der Waals surface area contributed by atoms with E-state index in [1.807, 2.05) is 72.8 Å². The highest BCUT2D eigenvalue weighted by Gasteiger charge is 2.09. The maximum absolute atomic E-state index is 12.4. The molecule has 1 N–H and O–H groups in total. The van der Waals surface area contributed by atoms with E-state index in [9.17, 15) is 4.79 Å². The average Bonchev–Trinajstić information content (AvgIpc) is 2.91. The Labute approximate surface area is 226 Å². The van der Waals surface area contributed by atoms with Gasteiger partial charge in [0, 0.05) is 10.0 Å². The molecule has 1 atom stereocenters. The summed E-state index contributed by atoms with van der Waals surface area (Å²) in [6, 6.07) is 27.9. The predicted octanol–water partition coefficient (Wildman–Crippen LogP) is 7.61. The van der Waals surface area contributed by atoms with Crippen molar-refractivity contribution in [1.29, 1.82) is 0 Å². The van der Waals surface area contributed by atoms with Gasteiger partial charge >= 0.3 is 0 Å². The van der Waals surface area contributed by atoms with E-state index in [4.69, 9.17) is 9.47 Å². The van der Waals surface area contributed by atoms with Crippen LogP contribution < -0.4 is 14.9 Å². The molecule has 4 rings (SSSR count). The second-order valence-electron chi connectivity index (χ2n) is 8.96. The molecule has 37 heavy (non-hydrogen) atoms. The van der Waals surface area contributed by atoms with Crippen LogP contribution in [0.2, 0.25) is 0 Å². The minimum atomic E-state index is -0.337. The Morgan fingerprint density at radius 2 is 1.81 bits per heavy atom. The minimum absolute atomic E-state index is 0.122. The molecule has 0 aliphatic heterocycles. The number of carbonyl (C=O) groups excluding carboxylic acids is 1. The van der Waals surface area contributed by atoms with Crippen molar-refractivity contribution in [2.45, 2.75) is 39.2 Å². The van der Waals surface area contributed by atoms with E-state index in [2.05, 4.69) is 52.4 Å². The molecule has 1 amide bonds. The zero-order valence-corrected chi connectivity index (χ0v) is 22.7. The molecule has 0 saturated carbocycles. The first-order valence-electron chi connectivity index (χ1n) is 12.5. The smallest absolute Gasteiger partial charge is 0.277 e. The highest BCUT2D eigenvalue weighted by Crippen LogP contribution is 2.28. The van der Waals surface area contributed by atoms with Gasteiger partial charge in [-0.3, -0.25) is 4.79 Å². The van der Waals surface area contributed by atoms with Crippen LogP contribution in [0.5, 0.6) is 11.5 Å². The normalized spacial score (nSPS) is 12.0. The number of benzene rings is 4. The Balaban J connectivity index is 1.39. The Hall–Kier alpha value is -3.64. The Bertz CT molecular complexity index is 1370. The van der Waals surface area contributed by atoms with Gasteiger partial charge in [-0.1, -0.05) is 90.8 Å². The van der Waals surface area contributed by atoms with E-state index in [-0.39, 0.29) is 12.5 Å². The molecule has 1 unspecified atom stereocenters. The van der Waals surface area contributed by atoms with E-state index in [0.29, 0.717) is 24.0 Å². The second-order valence-corrected chi connectivity index (χ2v) is 9.87. The molecule has 4 aromatic carbocycles. The molecule has 6 heteroatoms. The topological polar surface area (TPSA) is 59.9 Å². The summed E-state index contributed by atoms with van der Waals surface area (Å²) in [7, 11) is 0. The molecule has 4 aromatic rings. The Morgan fingerprint density at radius 1 is 1.00 bits per heavy atom. The first kappa shape index (κ1) is 26.4. The van der Waals surface area contributed by atoms with Crippen LogP contribution >= 0.6 is 15.9 Å². The van der Waals surface area contributed by atoms with Crippen LogP contribution in [0.15, 0.2) is 94.5 Å².